The Morgan fingerprint density at radius 2 is 1.93 bits per heavy atom. The van der Waals surface area contributed by atoms with E-state index in [1.807, 2.05) is 24.8 Å². The summed E-state index contributed by atoms with van der Waals surface area (Å²) in [6.07, 6.45) is 3.43. The van der Waals surface area contributed by atoms with Crippen LogP contribution in [0.4, 0.5) is 25.1 Å². The quantitative estimate of drug-likeness (QED) is 0.197. The molecule has 0 aliphatic carbocycles. The van der Waals surface area contributed by atoms with Crippen molar-refractivity contribution >= 4 is 40.2 Å². The van der Waals surface area contributed by atoms with Gasteiger partial charge in [-0.1, -0.05) is 13.0 Å². The number of hydrogen-bond acceptors (Lipinski definition) is 11. The molecule has 3 aromatic rings. The van der Waals surface area contributed by atoms with Crippen molar-refractivity contribution in [3.63, 3.8) is 0 Å². The highest BCUT2D eigenvalue weighted by molar-refractivity contribution is 6.07. The minimum atomic E-state index is -1.07. The zero-order valence-electron chi connectivity index (χ0n) is 30.6. The number of halogens is 2. The molecule has 0 saturated carbocycles. The smallest absolute Gasteiger partial charge is 0.322 e. The van der Waals surface area contributed by atoms with Crippen LogP contribution in [-0.2, 0) is 33.7 Å². The molecule has 0 radical (unpaired) electrons. The Morgan fingerprint density at radius 3 is 2.69 bits per heavy atom. The number of rotatable bonds is 8. The fourth-order valence-electron chi connectivity index (χ4n) is 9.50. The van der Waals surface area contributed by atoms with Gasteiger partial charge in [0.2, 0.25) is 0 Å². The van der Waals surface area contributed by atoms with Crippen molar-refractivity contribution in [2.75, 3.05) is 62.3 Å². The van der Waals surface area contributed by atoms with E-state index in [2.05, 4.69) is 20.4 Å². The standard InChI is InChI=1S/C39H45F2N7O6/c1-3-26-28(41)7-6-23-14-25(54-34(50)37(2)20-52-21-37)15-30(31(23)26)46-13-8-27-29(18-46)42-36(53-22-38-9-4-12-48(38)17-24(40)16-38)43-32(27)47-11-5-10-39(19-47)33(49)44-35(51)45-39/h6-7,14-15,24H,3-5,8-13,16-22H2,1-2H3,(H2,44,45,49,51)/t24-,38+,39-/m1/s1. The van der Waals surface area contributed by atoms with E-state index in [1.54, 1.807) is 12.1 Å². The molecule has 15 heteroatoms. The van der Waals surface area contributed by atoms with Gasteiger partial charge < -0.3 is 29.3 Å². The van der Waals surface area contributed by atoms with E-state index in [9.17, 15) is 18.8 Å². The summed E-state index contributed by atoms with van der Waals surface area (Å²) in [5.41, 5.74) is 0.686. The third kappa shape index (κ3) is 5.81. The highest BCUT2D eigenvalue weighted by Gasteiger charge is 2.51. The van der Waals surface area contributed by atoms with Crippen LogP contribution >= 0.6 is 0 Å². The fraction of sp³-hybridized carbons (Fsp3) is 0.564. The van der Waals surface area contributed by atoms with Crippen molar-refractivity contribution in [1.82, 2.24) is 25.5 Å². The van der Waals surface area contributed by atoms with Gasteiger partial charge >= 0.3 is 18.0 Å². The summed E-state index contributed by atoms with van der Waals surface area (Å²) in [6.45, 7) is 7.46. The van der Waals surface area contributed by atoms with Gasteiger partial charge in [-0.3, -0.25) is 19.8 Å². The summed E-state index contributed by atoms with van der Waals surface area (Å²) < 4.78 is 47.7. The molecule has 9 rings (SSSR count). The number of esters is 1. The number of hydrogen-bond donors (Lipinski definition) is 2. The normalized spacial score (nSPS) is 27.4. The van der Waals surface area contributed by atoms with Gasteiger partial charge in [-0.25, -0.2) is 13.6 Å². The minimum Gasteiger partial charge on any atom is -0.461 e. The lowest BCUT2D eigenvalue weighted by Crippen LogP contribution is -2.59. The molecule has 3 atom stereocenters. The molecule has 1 aromatic heterocycles. The van der Waals surface area contributed by atoms with Crippen LogP contribution in [0.2, 0.25) is 0 Å². The average molecular weight is 746 g/mol. The number of fused-ring (bicyclic) bond motifs is 3. The number of anilines is 2. The second-order valence-electron chi connectivity index (χ2n) is 16.2. The van der Waals surface area contributed by atoms with Crippen molar-refractivity contribution in [3.8, 4) is 11.8 Å². The predicted molar refractivity (Wildman–Crippen MR) is 194 cm³/mol. The first-order valence-corrected chi connectivity index (χ1v) is 19.1. The zero-order chi connectivity index (χ0) is 37.4. The van der Waals surface area contributed by atoms with Crippen molar-refractivity contribution in [2.24, 2.45) is 5.41 Å². The Balaban J connectivity index is 1.09. The van der Waals surface area contributed by atoms with Crippen LogP contribution in [0.15, 0.2) is 24.3 Å². The summed E-state index contributed by atoms with van der Waals surface area (Å²) in [6, 6.07) is 6.41. The number of piperidine rings is 1. The van der Waals surface area contributed by atoms with Crippen LogP contribution in [0, 0.1) is 11.2 Å². The Bertz CT molecular complexity index is 2060. The number of ether oxygens (including phenoxy) is 3. The zero-order valence-corrected chi connectivity index (χ0v) is 30.6. The SMILES string of the molecule is CCc1c(F)ccc2cc(OC(=O)C3(C)COC3)cc(N3CCc4c(nc(OC[C@@]56CCCN5C[C@H](F)C6)nc4N4CCC[C@]5(C4)NC(=O)NC5=O)C3)c12. The van der Waals surface area contributed by atoms with Gasteiger partial charge in [0.1, 0.15) is 41.1 Å². The van der Waals surface area contributed by atoms with Crippen molar-refractivity contribution in [2.45, 2.75) is 82.6 Å². The van der Waals surface area contributed by atoms with Gasteiger partial charge in [-0.15, -0.1) is 0 Å². The number of carbonyl (C=O) groups is 3. The van der Waals surface area contributed by atoms with E-state index in [1.165, 1.54) is 6.07 Å². The molecule has 6 aliphatic heterocycles. The summed E-state index contributed by atoms with van der Waals surface area (Å²) in [5.74, 6) is -0.0376. The maximum atomic E-state index is 15.4. The van der Waals surface area contributed by atoms with Gasteiger partial charge in [0.25, 0.3) is 5.91 Å². The number of carbonyl (C=O) groups excluding carboxylic acids is 3. The number of nitrogens with zero attached hydrogens (tertiary/aromatic N) is 5. The van der Waals surface area contributed by atoms with E-state index in [0.29, 0.717) is 81.1 Å². The van der Waals surface area contributed by atoms with Crippen LogP contribution in [0.1, 0.15) is 62.8 Å². The molecule has 2 N–H and O–H groups in total. The Kier molecular flexibility index (Phi) is 8.45. The van der Waals surface area contributed by atoms with Crippen molar-refractivity contribution in [1.29, 1.82) is 0 Å². The molecule has 0 unspecified atom stereocenters. The number of benzene rings is 2. The topological polar surface area (TPSA) is 138 Å². The molecule has 5 saturated heterocycles. The molecule has 0 bridgehead atoms. The number of amides is 3. The van der Waals surface area contributed by atoms with E-state index in [4.69, 9.17) is 24.2 Å². The molecular formula is C39H45F2N7O6. The van der Waals surface area contributed by atoms with Crippen LogP contribution in [0.5, 0.6) is 11.8 Å². The van der Waals surface area contributed by atoms with Crippen LogP contribution in [-0.4, -0.2) is 103 Å². The van der Waals surface area contributed by atoms with E-state index in [0.717, 1.165) is 41.4 Å². The summed E-state index contributed by atoms with van der Waals surface area (Å²) in [7, 11) is 0. The maximum absolute atomic E-state index is 15.4. The highest BCUT2D eigenvalue weighted by Crippen LogP contribution is 2.43. The summed E-state index contributed by atoms with van der Waals surface area (Å²) in [4.78, 5) is 54.8. The second kappa shape index (κ2) is 13.0. The molecule has 6 aliphatic rings. The lowest BCUT2D eigenvalue weighted by atomic mass is 9.88. The number of urea groups is 1. The molecule has 1 spiro atoms. The van der Waals surface area contributed by atoms with E-state index < -0.39 is 28.7 Å². The monoisotopic (exact) mass is 745 g/mol. The predicted octanol–water partition coefficient (Wildman–Crippen LogP) is 3.97. The third-order valence-corrected chi connectivity index (χ3v) is 12.4. The minimum absolute atomic E-state index is 0.164. The first-order valence-electron chi connectivity index (χ1n) is 19.1. The Morgan fingerprint density at radius 1 is 1.09 bits per heavy atom. The molecule has 5 fully saturated rings. The first-order chi connectivity index (χ1) is 26.0. The molecule has 286 valence electrons. The number of alkyl halides is 1. The molecule has 13 nitrogen and oxygen atoms in total. The maximum Gasteiger partial charge on any atom is 0.322 e. The van der Waals surface area contributed by atoms with Gasteiger partial charge in [0.05, 0.1) is 37.5 Å². The van der Waals surface area contributed by atoms with E-state index >= 15 is 4.39 Å². The molecule has 3 amide bonds. The fourth-order valence-corrected chi connectivity index (χ4v) is 9.50. The van der Waals surface area contributed by atoms with E-state index in [-0.39, 0.29) is 50.1 Å². The van der Waals surface area contributed by atoms with Crippen LogP contribution in [0.3, 0.4) is 0 Å². The lowest BCUT2D eigenvalue weighted by Gasteiger charge is -2.40. The van der Waals surface area contributed by atoms with Gasteiger partial charge in [0, 0.05) is 48.8 Å². The van der Waals surface area contributed by atoms with Crippen LogP contribution < -0.4 is 29.9 Å². The molecular weight excluding hydrogens is 700 g/mol. The Labute approximate surface area is 311 Å². The Hall–Kier alpha value is -4.63. The van der Waals surface area contributed by atoms with Crippen molar-refractivity contribution in [3.05, 3.63) is 46.9 Å². The molecule has 54 heavy (non-hydrogen) atoms. The number of nitrogens with one attached hydrogen (secondary N) is 2. The average Bonchev–Trinajstić information content (AvgIpc) is 3.76. The number of imide groups is 1. The first kappa shape index (κ1) is 35.1. The van der Waals surface area contributed by atoms with Crippen molar-refractivity contribution < 1.29 is 37.4 Å². The van der Waals surface area contributed by atoms with Gasteiger partial charge in [-0.2, -0.15) is 9.97 Å². The molecule has 7 heterocycles. The summed E-state index contributed by atoms with van der Waals surface area (Å²) >= 11 is 0. The second-order valence-corrected chi connectivity index (χ2v) is 16.2. The third-order valence-electron chi connectivity index (χ3n) is 12.4. The summed E-state index contributed by atoms with van der Waals surface area (Å²) in [5, 5.41) is 6.76. The number of aryl methyl sites for hydroxylation is 1. The lowest BCUT2D eigenvalue weighted by molar-refractivity contribution is -0.172. The number of aromatic nitrogens is 2. The largest absolute Gasteiger partial charge is 0.461 e. The van der Waals surface area contributed by atoms with Gasteiger partial charge in [0.15, 0.2) is 0 Å². The highest BCUT2D eigenvalue weighted by atomic mass is 19.1. The van der Waals surface area contributed by atoms with Crippen LogP contribution in [0.25, 0.3) is 10.8 Å². The van der Waals surface area contributed by atoms with Gasteiger partial charge in [-0.05, 0) is 75.1 Å². The molecule has 2 aromatic carbocycles.